The predicted molar refractivity (Wildman–Crippen MR) is 130 cm³/mol. The first kappa shape index (κ1) is 27.5. The highest BCUT2D eigenvalue weighted by Gasteiger charge is 2.21. The lowest BCUT2D eigenvalue weighted by molar-refractivity contribution is -0.123. The molecule has 0 spiro atoms. The molecule has 14 heteroatoms. The van der Waals surface area contributed by atoms with Gasteiger partial charge in [0.1, 0.15) is 12.4 Å². The van der Waals surface area contributed by atoms with Crippen LogP contribution in [0.3, 0.4) is 0 Å². The molecule has 0 bridgehead atoms. The molecule has 0 saturated carbocycles. The van der Waals surface area contributed by atoms with Crippen molar-refractivity contribution in [3.8, 4) is 11.6 Å². The number of fused-ring (bicyclic) bond motifs is 1. The number of amides is 2. The van der Waals surface area contributed by atoms with Crippen molar-refractivity contribution in [3.63, 3.8) is 0 Å². The van der Waals surface area contributed by atoms with E-state index >= 15 is 0 Å². The van der Waals surface area contributed by atoms with Crippen molar-refractivity contribution < 1.29 is 42.7 Å². The minimum atomic E-state index is -4.69. The fourth-order valence-electron chi connectivity index (χ4n) is 2.89. The number of nitrogens with zero attached hydrogens (tertiary/aromatic N) is 2. The van der Waals surface area contributed by atoms with E-state index in [2.05, 4.69) is 25.1 Å². The second kappa shape index (κ2) is 12.3. The predicted octanol–water partition coefficient (Wildman–Crippen LogP) is 2.32. The number of hydrogen-bond donors (Lipinski definition) is 4. The summed E-state index contributed by atoms with van der Waals surface area (Å²) >= 11 is 0. The minimum absolute atomic E-state index is 0.0643. The summed E-state index contributed by atoms with van der Waals surface area (Å²) in [4.78, 5) is 62.9. The fourth-order valence-corrected chi connectivity index (χ4v) is 3.28. The van der Waals surface area contributed by atoms with Crippen molar-refractivity contribution in [2.45, 2.75) is 20.5 Å². The first-order chi connectivity index (χ1) is 17.5. The third-order valence-corrected chi connectivity index (χ3v) is 5.12. The number of phosphoric acid groups is 1. The number of carbonyl (C=O) groups excluding carboxylic acids is 3. The first-order valence-electron chi connectivity index (χ1n) is 11.0. The lowest BCUT2D eigenvalue weighted by atomic mass is 10.2. The normalized spacial score (nSPS) is 11.2. The maximum atomic E-state index is 12.8. The van der Waals surface area contributed by atoms with Crippen molar-refractivity contribution in [1.82, 2.24) is 20.6 Å². The van der Waals surface area contributed by atoms with E-state index < -0.39 is 19.9 Å². The smallest absolute Gasteiger partial charge is 0.429 e. The van der Waals surface area contributed by atoms with Gasteiger partial charge in [-0.05, 0) is 29.8 Å². The molecule has 0 saturated heterocycles. The monoisotopic (exact) mass is 532 g/mol. The summed E-state index contributed by atoms with van der Waals surface area (Å²) < 4.78 is 25.6. The Morgan fingerprint density at radius 3 is 2.19 bits per heavy atom. The number of rotatable bonds is 10. The van der Waals surface area contributed by atoms with Crippen molar-refractivity contribution in [1.29, 1.82) is 0 Å². The molecule has 3 rings (SSSR count). The second-order valence-electron chi connectivity index (χ2n) is 7.93. The van der Waals surface area contributed by atoms with E-state index in [0.717, 1.165) is 0 Å². The molecule has 2 amide bonds. The fraction of sp³-hybridized carbons (Fsp3) is 0.261. The molecule has 0 unspecified atom stereocenters. The summed E-state index contributed by atoms with van der Waals surface area (Å²) in [6.45, 7) is 3.55. The number of para-hydroxylation sites is 2. The Morgan fingerprint density at radius 2 is 1.57 bits per heavy atom. The molecule has 1 heterocycles. The number of hydrogen-bond acceptors (Lipinski definition) is 9. The Hall–Kier alpha value is -4.06. The third-order valence-electron chi connectivity index (χ3n) is 4.67. The largest absolute Gasteiger partial charge is 0.524 e. The number of ether oxygens (including phenoxy) is 2. The highest BCUT2D eigenvalue weighted by atomic mass is 31.2. The summed E-state index contributed by atoms with van der Waals surface area (Å²) in [5.74, 6) is -1.45. The molecule has 1 aromatic heterocycles. The van der Waals surface area contributed by atoms with E-state index in [1.807, 2.05) is 0 Å². The molecular formula is C23H25N4O9P. The molecular weight excluding hydrogens is 507 g/mol. The van der Waals surface area contributed by atoms with E-state index in [9.17, 15) is 18.9 Å². The highest BCUT2D eigenvalue weighted by molar-refractivity contribution is 7.46. The number of nitrogens with one attached hydrogen (secondary N) is 2. The van der Waals surface area contributed by atoms with Crippen LogP contribution in [0.2, 0.25) is 0 Å². The second-order valence-corrected chi connectivity index (χ2v) is 9.10. The number of carbonyl (C=O) groups is 3. The van der Waals surface area contributed by atoms with Gasteiger partial charge >= 0.3 is 14.0 Å². The maximum Gasteiger partial charge on any atom is 0.524 e. The van der Waals surface area contributed by atoms with Crippen molar-refractivity contribution in [2.75, 3.05) is 13.1 Å². The summed E-state index contributed by atoms with van der Waals surface area (Å²) in [5, 5.41) is 5.27. The summed E-state index contributed by atoms with van der Waals surface area (Å²) in [7, 11) is -4.69. The Balaban J connectivity index is 1.65. The molecule has 0 aliphatic heterocycles. The molecule has 2 aromatic carbocycles. The third kappa shape index (κ3) is 8.53. The van der Waals surface area contributed by atoms with Crippen LogP contribution in [-0.2, 0) is 20.7 Å². The van der Waals surface area contributed by atoms with Gasteiger partial charge < -0.3 is 24.6 Å². The average Bonchev–Trinajstić information content (AvgIpc) is 2.84. The topological polar surface area (TPSA) is 186 Å². The van der Waals surface area contributed by atoms with Gasteiger partial charge in [0.05, 0.1) is 11.0 Å². The van der Waals surface area contributed by atoms with Crippen LogP contribution >= 0.6 is 7.82 Å². The number of aromatic nitrogens is 2. The standard InChI is InChI=1S/C23H25N4O9P/c1-14(2)20(28)24-11-12-25-21(29)19-22(27-18-6-4-3-5-17(18)26-19)35-23(30)34-13-15-7-9-16(10-8-15)36-37(31,32)33/h3-10,14H,11-13H2,1-2H3,(H,24,28)(H,25,29)(H2,31,32,33). The zero-order chi connectivity index (χ0) is 27.0. The Bertz CT molecular complexity index is 1330. The number of phosphoric ester groups is 1. The minimum Gasteiger partial charge on any atom is -0.429 e. The van der Waals surface area contributed by atoms with E-state index in [0.29, 0.717) is 16.6 Å². The highest BCUT2D eigenvalue weighted by Crippen LogP contribution is 2.37. The van der Waals surface area contributed by atoms with Crippen molar-refractivity contribution in [3.05, 3.63) is 59.8 Å². The molecule has 4 N–H and O–H groups in total. The molecule has 0 aliphatic carbocycles. The van der Waals surface area contributed by atoms with Crippen LogP contribution in [0.25, 0.3) is 11.0 Å². The van der Waals surface area contributed by atoms with Crippen LogP contribution in [0.1, 0.15) is 29.9 Å². The van der Waals surface area contributed by atoms with Gasteiger partial charge in [0, 0.05) is 19.0 Å². The van der Waals surface area contributed by atoms with E-state index in [4.69, 9.17) is 19.3 Å². The van der Waals surface area contributed by atoms with Gasteiger partial charge in [0.15, 0.2) is 5.69 Å². The zero-order valence-electron chi connectivity index (χ0n) is 19.9. The Labute approximate surface area is 211 Å². The average molecular weight is 532 g/mol. The number of benzene rings is 2. The van der Waals surface area contributed by atoms with Gasteiger partial charge in [0.25, 0.3) is 11.8 Å². The van der Waals surface area contributed by atoms with E-state index in [-0.39, 0.29) is 48.8 Å². The van der Waals surface area contributed by atoms with Gasteiger partial charge in [-0.15, -0.1) is 0 Å². The van der Waals surface area contributed by atoms with Crippen LogP contribution in [0.5, 0.6) is 11.6 Å². The van der Waals surface area contributed by atoms with E-state index in [1.165, 1.54) is 24.3 Å². The SMILES string of the molecule is CC(C)C(=O)NCCNC(=O)c1nc2ccccc2nc1OC(=O)OCc1ccc(OP(=O)(O)O)cc1. The van der Waals surface area contributed by atoms with Crippen LogP contribution in [0.15, 0.2) is 48.5 Å². The van der Waals surface area contributed by atoms with Gasteiger partial charge in [-0.3, -0.25) is 19.4 Å². The van der Waals surface area contributed by atoms with Crippen LogP contribution in [0, 0.1) is 5.92 Å². The maximum absolute atomic E-state index is 12.8. The molecule has 0 aliphatic rings. The first-order valence-corrected chi connectivity index (χ1v) is 12.6. The van der Waals surface area contributed by atoms with Gasteiger partial charge in [0.2, 0.25) is 5.91 Å². The molecule has 0 radical (unpaired) electrons. The molecule has 0 atom stereocenters. The molecule has 3 aromatic rings. The lowest BCUT2D eigenvalue weighted by Gasteiger charge is -2.12. The summed E-state index contributed by atoms with van der Waals surface area (Å²) in [6, 6.07) is 12.2. The van der Waals surface area contributed by atoms with E-state index in [1.54, 1.807) is 38.1 Å². The van der Waals surface area contributed by atoms with Crippen LogP contribution in [0.4, 0.5) is 4.79 Å². The molecule has 37 heavy (non-hydrogen) atoms. The quantitative estimate of drug-likeness (QED) is 0.170. The van der Waals surface area contributed by atoms with Crippen molar-refractivity contribution >= 4 is 36.8 Å². The van der Waals surface area contributed by atoms with Crippen LogP contribution < -0.4 is 19.9 Å². The molecule has 0 fully saturated rings. The van der Waals surface area contributed by atoms with Gasteiger partial charge in [-0.1, -0.05) is 38.1 Å². The molecule has 13 nitrogen and oxygen atoms in total. The molecule has 196 valence electrons. The summed E-state index contributed by atoms with van der Waals surface area (Å²) in [6.07, 6.45) is -1.15. The Morgan fingerprint density at radius 1 is 0.946 bits per heavy atom. The Kier molecular flexibility index (Phi) is 9.12. The zero-order valence-corrected chi connectivity index (χ0v) is 20.8. The van der Waals surface area contributed by atoms with Crippen molar-refractivity contribution in [2.24, 2.45) is 5.92 Å². The van der Waals surface area contributed by atoms with Crippen LogP contribution in [-0.4, -0.2) is 50.8 Å². The lowest BCUT2D eigenvalue weighted by Crippen LogP contribution is -2.36. The van der Waals surface area contributed by atoms with Gasteiger partial charge in [-0.2, -0.15) is 0 Å². The van der Waals surface area contributed by atoms with Gasteiger partial charge in [-0.25, -0.2) is 19.3 Å². The summed E-state index contributed by atoms with van der Waals surface area (Å²) in [5.41, 5.74) is 1.01.